The predicted molar refractivity (Wildman–Crippen MR) is 81.2 cm³/mol. The molecule has 0 aromatic heterocycles. The third kappa shape index (κ3) is 2.99. The van der Waals surface area contributed by atoms with E-state index in [4.69, 9.17) is 10.5 Å². The third-order valence-corrected chi connectivity index (χ3v) is 3.14. The molecule has 0 atom stereocenters. The molecule has 0 saturated heterocycles. The second-order valence-corrected chi connectivity index (χ2v) is 4.82. The fourth-order valence-corrected chi connectivity index (χ4v) is 1.94. The van der Waals surface area contributed by atoms with E-state index in [1.807, 2.05) is 18.2 Å². The van der Waals surface area contributed by atoms with E-state index in [0.29, 0.717) is 17.4 Å². The lowest BCUT2D eigenvalue weighted by molar-refractivity contribution is 0.417. The number of nitrogen functional groups attached to an aromatic ring is 1. The number of rotatable bonds is 4. The standard InChI is InChI=1S/C16H20N2O/c1-11(2)12-7-9-13(10-8-12)18-14-5-4-6-15(19-3)16(14)17/h4-11,18H,17H2,1-3H3. The number of nitrogens with two attached hydrogens (primary N) is 1. The van der Waals surface area contributed by atoms with Crippen molar-refractivity contribution in [3.05, 3.63) is 48.0 Å². The summed E-state index contributed by atoms with van der Waals surface area (Å²) >= 11 is 0. The maximum Gasteiger partial charge on any atom is 0.143 e. The Labute approximate surface area is 114 Å². The third-order valence-electron chi connectivity index (χ3n) is 3.14. The van der Waals surface area contributed by atoms with Crippen molar-refractivity contribution in [1.29, 1.82) is 0 Å². The van der Waals surface area contributed by atoms with Gasteiger partial charge in [0, 0.05) is 5.69 Å². The van der Waals surface area contributed by atoms with E-state index in [1.54, 1.807) is 7.11 Å². The lowest BCUT2D eigenvalue weighted by Crippen LogP contribution is -1.99. The highest BCUT2D eigenvalue weighted by Crippen LogP contribution is 2.31. The molecule has 2 aromatic carbocycles. The van der Waals surface area contributed by atoms with Crippen molar-refractivity contribution < 1.29 is 4.74 Å². The van der Waals surface area contributed by atoms with Crippen molar-refractivity contribution in [2.24, 2.45) is 0 Å². The second-order valence-electron chi connectivity index (χ2n) is 4.82. The summed E-state index contributed by atoms with van der Waals surface area (Å²) in [6.45, 7) is 4.37. The molecule has 2 rings (SSSR count). The zero-order valence-electron chi connectivity index (χ0n) is 11.6. The van der Waals surface area contributed by atoms with Gasteiger partial charge >= 0.3 is 0 Å². The first-order valence-electron chi connectivity index (χ1n) is 6.41. The van der Waals surface area contributed by atoms with Crippen molar-refractivity contribution in [1.82, 2.24) is 0 Å². The van der Waals surface area contributed by atoms with Gasteiger partial charge in [-0.15, -0.1) is 0 Å². The van der Waals surface area contributed by atoms with Crippen LogP contribution in [0.25, 0.3) is 0 Å². The molecule has 100 valence electrons. The number of methoxy groups -OCH3 is 1. The first kappa shape index (κ1) is 13.3. The molecule has 2 aromatic rings. The Morgan fingerprint density at radius 3 is 2.32 bits per heavy atom. The Morgan fingerprint density at radius 1 is 1.05 bits per heavy atom. The van der Waals surface area contributed by atoms with Crippen molar-refractivity contribution in [2.75, 3.05) is 18.2 Å². The number of hydrogen-bond acceptors (Lipinski definition) is 3. The lowest BCUT2D eigenvalue weighted by Gasteiger charge is -2.13. The second kappa shape index (κ2) is 5.65. The van der Waals surface area contributed by atoms with E-state index in [-0.39, 0.29) is 0 Å². The Kier molecular flexibility index (Phi) is 3.95. The van der Waals surface area contributed by atoms with Gasteiger partial charge < -0.3 is 15.8 Å². The average Bonchev–Trinajstić information content (AvgIpc) is 2.42. The molecule has 0 fully saturated rings. The molecular weight excluding hydrogens is 236 g/mol. The van der Waals surface area contributed by atoms with Gasteiger partial charge in [0.25, 0.3) is 0 Å². The molecule has 19 heavy (non-hydrogen) atoms. The van der Waals surface area contributed by atoms with E-state index >= 15 is 0 Å². The van der Waals surface area contributed by atoms with Crippen LogP contribution >= 0.6 is 0 Å². The molecule has 0 amide bonds. The van der Waals surface area contributed by atoms with Crippen LogP contribution in [-0.2, 0) is 0 Å². The minimum atomic E-state index is 0.538. The summed E-state index contributed by atoms with van der Waals surface area (Å²) < 4.78 is 5.21. The van der Waals surface area contributed by atoms with Crippen LogP contribution in [0.15, 0.2) is 42.5 Å². The Bertz CT molecular complexity index is 547. The van der Waals surface area contributed by atoms with E-state index in [0.717, 1.165) is 11.4 Å². The molecule has 0 saturated carbocycles. The smallest absolute Gasteiger partial charge is 0.143 e. The highest BCUT2D eigenvalue weighted by molar-refractivity contribution is 5.77. The first-order valence-corrected chi connectivity index (χ1v) is 6.41. The molecule has 0 aliphatic rings. The van der Waals surface area contributed by atoms with Crippen LogP contribution in [0.3, 0.4) is 0 Å². The minimum absolute atomic E-state index is 0.538. The monoisotopic (exact) mass is 256 g/mol. The normalized spacial score (nSPS) is 10.5. The summed E-state index contributed by atoms with van der Waals surface area (Å²) in [5.74, 6) is 1.22. The summed E-state index contributed by atoms with van der Waals surface area (Å²) in [5, 5.41) is 3.31. The van der Waals surface area contributed by atoms with Gasteiger partial charge in [0.1, 0.15) is 5.75 Å². The number of hydrogen-bond donors (Lipinski definition) is 2. The minimum Gasteiger partial charge on any atom is -0.495 e. The fraction of sp³-hybridized carbons (Fsp3) is 0.250. The van der Waals surface area contributed by atoms with Crippen LogP contribution in [-0.4, -0.2) is 7.11 Å². The van der Waals surface area contributed by atoms with E-state index in [2.05, 4.69) is 43.4 Å². The molecular formula is C16H20N2O. The van der Waals surface area contributed by atoms with Crippen molar-refractivity contribution in [2.45, 2.75) is 19.8 Å². The fourth-order valence-electron chi connectivity index (χ4n) is 1.94. The van der Waals surface area contributed by atoms with Gasteiger partial charge in [-0.25, -0.2) is 0 Å². The summed E-state index contributed by atoms with van der Waals surface area (Å²) in [6, 6.07) is 14.1. The number of anilines is 3. The molecule has 0 unspecified atom stereocenters. The quantitative estimate of drug-likeness (QED) is 0.808. The van der Waals surface area contributed by atoms with Gasteiger partial charge in [-0.3, -0.25) is 0 Å². The van der Waals surface area contributed by atoms with Crippen molar-refractivity contribution in [3.63, 3.8) is 0 Å². The summed E-state index contributed by atoms with van der Waals surface area (Å²) in [6.07, 6.45) is 0. The van der Waals surface area contributed by atoms with Gasteiger partial charge in [0.05, 0.1) is 18.5 Å². The van der Waals surface area contributed by atoms with Gasteiger partial charge in [-0.1, -0.05) is 32.0 Å². The van der Waals surface area contributed by atoms with Crippen LogP contribution in [0.5, 0.6) is 5.75 Å². The van der Waals surface area contributed by atoms with Gasteiger partial charge in [-0.05, 0) is 35.7 Å². The Morgan fingerprint density at radius 2 is 1.74 bits per heavy atom. The van der Waals surface area contributed by atoms with Crippen LogP contribution in [0, 0.1) is 0 Å². The molecule has 0 spiro atoms. The zero-order chi connectivity index (χ0) is 13.8. The molecule has 3 heteroatoms. The highest BCUT2D eigenvalue weighted by atomic mass is 16.5. The van der Waals surface area contributed by atoms with Crippen LogP contribution in [0.1, 0.15) is 25.3 Å². The summed E-state index contributed by atoms with van der Waals surface area (Å²) in [5.41, 5.74) is 9.85. The van der Waals surface area contributed by atoms with Gasteiger partial charge in [-0.2, -0.15) is 0 Å². The Hall–Kier alpha value is -2.16. The van der Waals surface area contributed by atoms with E-state index in [9.17, 15) is 0 Å². The summed E-state index contributed by atoms with van der Waals surface area (Å²) in [7, 11) is 1.62. The topological polar surface area (TPSA) is 47.3 Å². The average molecular weight is 256 g/mol. The first-order chi connectivity index (χ1) is 9.11. The molecule has 3 nitrogen and oxygen atoms in total. The number of benzene rings is 2. The maximum atomic E-state index is 6.03. The Balaban J connectivity index is 2.21. The molecule has 3 N–H and O–H groups in total. The van der Waals surface area contributed by atoms with Crippen LogP contribution in [0.4, 0.5) is 17.1 Å². The number of ether oxygens (including phenoxy) is 1. The van der Waals surface area contributed by atoms with E-state index < -0.39 is 0 Å². The van der Waals surface area contributed by atoms with Gasteiger partial charge in [0.15, 0.2) is 0 Å². The van der Waals surface area contributed by atoms with Crippen molar-refractivity contribution >= 4 is 17.1 Å². The molecule has 0 radical (unpaired) electrons. The predicted octanol–water partition coefficient (Wildman–Crippen LogP) is 4.14. The van der Waals surface area contributed by atoms with Crippen molar-refractivity contribution in [3.8, 4) is 5.75 Å². The lowest BCUT2D eigenvalue weighted by atomic mass is 10.0. The molecule has 0 bridgehead atoms. The summed E-state index contributed by atoms with van der Waals surface area (Å²) in [4.78, 5) is 0. The molecule has 0 aliphatic carbocycles. The SMILES string of the molecule is COc1cccc(Nc2ccc(C(C)C)cc2)c1N. The van der Waals surface area contributed by atoms with Crippen LogP contribution < -0.4 is 15.8 Å². The zero-order valence-corrected chi connectivity index (χ0v) is 11.6. The number of para-hydroxylation sites is 1. The molecule has 0 heterocycles. The molecule has 0 aliphatic heterocycles. The highest BCUT2D eigenvalue weighted by Gasteiger charge is 2.05. The largest absolute Gasteiger partial charge is 0.495 e. The maximum absolute atomic E-state index is 6.03. The number of nitrogens with one attached hydrogen (secondary N) is 1. The van der Waals surface area contributed by atoms with Crippen LogP contribution in [0.2, 0.25) is 0 Å². The van der Waals surface area contributed by atoms with Gasteiger partial charge in [0.2, 0.25) is 0 Å². The van der Waals surface area contributed by atoms with E-state index in [1.165, 1.54) is 5.56 Å².